The van der Waals surface area contributed by atoms with Crippen LogP contribution in [0.3, 0.4) is 0 Å². The second-order valence-electron chi connectivity index (χ2n) is 9.27. The predicted molar refractivity (Wildman–Crippen MR) is 147 cm³/mol. The fraction of sp³-hybridized carbons (Fsp3) is 0.385. The smallest absolute Gasteiger partial charge is 0.137 e. The van der Waals surface area contributed by atoms with Gasteiger partial charge in [-0.2, -0.15) is 15.6 Å². The van der Waals surface area contributed by atoms with Crippen molar-refractivity contribution >= 4 is 58.0 Å². The van der Waals surface area contributed by atoms with Crippen molar-refractivity contribution in [3.8, 4) is 12.1 Å². The van der Waals surface area contributed by atoms with Gasteiger partial charge in [-0.15, -0.1) is 0 Å². The Kier molecular flexibility index (Phi) is 10.1. The van der Waals surface area contributed by atoms with Crippen molar-refractivity contribution in [1.29, 1.82) is 10.5 Å². The minimum atomic E-state index is -0.749. The molecule has 0 amide bonds. The molecule has 0 radical (unpaired) electrons. The Morgan fingerprint density at radius 3 is 2.05 bits per heavy atom. The Bertz CT molecular complexity index is 1270. The molecule has 2 aromatic carbocycles. The number of rotatable bonds is 5. The summed E-state index contributed by atoms with van der Waals surface area (Å²) >= 11 is 28.8. The second-order valence-corrected chi connectivity index (χ2v) is 11.2. The molecule has 4 rings (SSSR count). The Hall–Kier alpha value is -2.03. The molecule has 11 heteroatoms. The van der Waals surface area contributed by atoms with E-state index < -0.39 is 5.60 Å². The van der Waals surface area contributed by atoms with Gasteiger partial charge in [0.1, 0.15) is 24.8 Å². The van der Waals surface area contributed by atoms with Crippen molar-refractivity contribution in [3.63, 3.8) is 0 Å². The van der Waals surface area contributed by atoms with Gasteiger partial charge in [0.05, 0.1) is 43.4 Å². The van der Waals surface area contributed by atoms with E-state index in [1.807, 2.05) is 12.1 Å². The molecule has 37 heavy (non-hydrogen) atoms. The second kappa shape index (κ2) is 12.7. The zero-order valence-electron chi connectivity index (χ0n) is 20.1. The van der Waals surface area contributed by atoms with Crippen molar-refractivity contribution in [2.45, 2.75) is 45.3 Å². The first-order valence-corrected chi connectivity index (χ1v) is 13.4. The Morgan fingerprint density at radius 2 is 1.57 bits per heavy atom. The largest absolute Gasteiger partial charge is 0.387 e. The Labute approximate surface area is 241 Å². The lowest BCUT2D eigenvalue weighted by Gasteiger charge is -2.37. The summed E-state index contributed by atoms with van der Waals surface area (Å²) < 4.78 is 1.76. The fourth-order valence-electron chi connectivity index (χ4n) is 4.93. The summed E-state index contributed by atoms with van der Waals surface area (Å²) in [6.07, 6.45) is 6.17. The molecule has 1 aliphatic carbocycles. The van der Waals surface area contributed by atoms with Crippen LogP contribution in [0.1, 0.15) is 43.4 Å². The number of nitriles is 2. The van der Waals surface area contributed by atoms with E-state index in [-0.39, 0.29) is 43.1 Å². The van der Waals surface area contributed by atoms with Gasteiger partial charge in [0.25, 0.3) is 0 Å². The highest BCUT2D eigenvalue weighted by atomic mass is 35.5. The maximum Gasteiger partial charge on any atom is 0.137 e. The highest BCUT2D eigenvalue weighted by Crippen LogP contribution is 2.47. The topological polar surface area (TPSA) is 98.5 Å². The van der Waals surface area contributed by atoms with Crippen molar-refractivity contribution in [1.82, 2.24) is 14.8 Å². The summed E-state index contributed by atoms with van der Waals surface area (Å²) in [7, 11) is 0. The Balaban J connectivity index is 0.000000233. The molecule has 3 unspecified atom stereocenters. The monoisotopic (exact) mass is 597 g/mol. The Morgan fingerprint density at radius 1 is 0.973 bits per heavy atom. The van der Waals surface area contributed by atoms with Crippen LogP contribution in [0, 0.1) is 40.4 Å². The van der Waals surface area contributed by atoms with Gasteiger partial charge < -0.3 is 5.11 Å². The van der Waals surface area contributed by atoms with Crippen LogP contribution in [0.5, 0.6) is 0 Å². The van der Waals surface area contributed by atoms with Crippen LogP contribution in [0.25, 0.3) is 0 Å². The van der Waals surface area contributed by atoms with Gasteiger partial charge in [-0.25, -0.2) is 4.98 Å². The number of benzene rings is 2. The molecular weight excluding hydrogens is 576 g/mol. The molecule has 1 fully saturated rings. The van der Waals surface area contributed by atoms with Crippen LogP contribution in [-0.4, -0.2) is 25.5 Å². The summed E-state index contributed by atoms with van der Waals surface area (Å²) in [6, 6.07) is 11.4. The molecule has 1 aliphatic rings. The van der Waals surface area contributed by atoms with Crippen LogP contribution < -0.4 is 0 Å². The molecule has 6 nitrogen and oxygen atoms in total. The van der Waals surface area contributed by atoms with Crippen molar-refractivity contribution in [2.75, 3.05) is 0 Å². The van der Waals surface area contributed by atoms with E-state index in [0.29, 0.717) is 12.5 Å². The van der Waals surface area contributed by atoms with Gasteiger partial charge in [0.2, 0.25) is 0 Å². The van der Waals surface area contributed by atoms with E-state index in [1.165, 1.54) is 11.9 Å². The number of hydrogen-bond acceptors (Lipinski definition) is 5. The number of aromatic nitrogens is 3. The summed E-state index contributed by atoms with van der Waals surface area (Å²) in [6.45, 7) is 4.90. The zero-order chi connectivity index (χ0) is 27.3. The highest BCUT2D eigenvalue weighted by molar-refractivity contribution is 6.50. The first-order valence-electron chi connectivity index (χ1n) is 11.5. The summed E-state index contributed by atoms with van der Waals surface area (Å²) in [5.41, 5.74) is 0.390. The summed E-state index contributed by atoms with van der Waals surface area (Å²) in [5.74, 6) is 0.947. The van der Waals surface area contributed by atoms with E-state index in [0.717, 1.165) is 24.3 Å². The van der Waals surface area contributed by atoms with Crippen LogP contribution >= 0.6 is 58.0 Å². The van der Waals surface area contributed by atoms with E-state index in [2.05, 4.69) is 36.1 Å². The third-order valence-electron chi connectivity index (χ3n) is 6.74. The van der Waals surface area contributed by atoms with Gasteiger partial charge in [-0.3, -0.25) is 4.68 Å². The van der Waals surface area contributed by atoms with Gasteiger partial charge in [0, 0.05) is 5.02 Å². The summed E-state index contributed by atoms with van der Waals surface area (Å²) in [5, 5.41) is 33.7. The average molecular weight is 600 g/mol. The standard InChI is InChI=1S/C18H24ClN3O.C8Cl4N2/c1-13(2)17-8-5-15(9-14-3-6-16(19)7-4-14)18(17,23)10-22-12-20-11-21-22;9-5-3(1-13)6(10)8(12)7(11)4(5)2-14/h3-4,6-7,11-13,15,17,23H,5,8-10H2,1-2H3;. The van der Waals surface area contributed by atoms with E-state index in [9.17, 15) is 5.11 Å². The number of nitrogens with zero attached hydrogens (tertiary/aromatic N) is 5. The van der Waals surface area contributed by atoms with Crippen LogP contribution in [0.2, 0.25) is 25.1 Å². The maximum atomic E-state index is 11.6. The molecule has 1 N–H and O–H groups in total. The molecule has 3 atom stereocenters. The minimum Gasteiger partial charge on any atom is -0.387 e. The fourth-order valence-corrected chi connectivity index (χ4v) is 6.12. The van der Waals surface area contributed by atoms with Crippen molar-refractivity contribution in [3.05, 3.63) is 78.7 Å². The van der Waals surface area contributed by atoms with Crippen LogP contribution in [-0.2, 0) is 13.0 Å². The molecule has 1 aromatic heterocycles. The molecule has 0 spiro atoms. The lowest BCUT2D eigenvalue weighted by atomic mass is 9.76. The SMILES string of the molecule is CC(C)C1CCC(Cc2ccc(Cl)cc2)C1(O)Cn1cncn1.N#Cc1c(Cl)c(Cl)c(Cl)c(C#N)c1Cl. The first-order chi connectivity index (χ1) is 17.5. The average Bonchev–Trinajstić information content (AvgIpc) is 3.48. The molecule has 1 saturated carbocycles. The van der Waals surface area contributed by atoms with Gasteiger partial charge >= 0.3 is 0 Å². The normalized spacial score (nSPS) is 20.7. The van der Waals surface area contributed by atoms with Crippen molar-refractivity contribution in [2.24, 2.45) is 17.8 Å². The summed E-state index contributed by atoms with van der Waals surface area (Å²) in [4.78, 5) is 4.01. The predicted octanol–water partition coefficient (Wildman–Crippen LogP) is 7.63. The minimum absolute atomic E-state index is 0.0363. The molecule has 3 aromatic rings. The quantitative estimate of drug-likeness (QED) is 0.240. The molecule has 0 aliphatic heterocycles. The molecule has 1 heterocycles. The lowest BCUT2D eigenvalue weighted by molar-refractivity contribution is -0.0667. The number of hydrogen-bond donors (Lipinski definition) is 1. The van der Waals surface area contributed by atoms with Gasteiger partial charge in [-0.1, -0.05) is 84.0 Å². The molecule has 0 bridgehead atoms. The molecule has 194 valence electrons. The third kappa shape index (κ3) is 6.52. The zero-order valence-corrected chi connectivity index (χ0v) is 23.9. The molecular formula is C26H24Cl5N5O. The van der Waals surface area contributed by atoms with E-state index in [4.69, 9.17) is 68.5 Å². The highest BCUT2D eigenvalue weighted by Gasteiger charge is 2.50. The van der Waals surface area contributed by atoms with E-state index >= 15 is 0 Å². The van der Waals surface area contributed by atoms with Crippen LogP contribution in [0.4, 0.5) is 0 Å². The molecule has 0 saturated heterocycles. The van der Waals surface area contributed by atoms with Crippen molar-refractivity contribution < 1.29 is 5.11 Å². The van der Waals surface area contributed by atoms with Crippen LogP contribution in [0.15, 0.2) is 36.9 Å². The number of halogens is 5. The van der Waals surface area contributed by atoms with Gasteiger partial charge in [-0.05, 0) is 54.7 Å². The number of aliphatic hydroxyl groups is 1. The third-order valence-corrected chi connectivity index (χ3v) is 8.70. The van der Waals surface area contributed by atoms with E-state index in [1.54, 1.807) is 23.1 Å². The van der Waals surface area contributed by atoms with Gasteiger partial charge in [0.15, 0.2) is 0 Å². The lowest BCUT2D eigenvalue weighted by Crippen LogP contribution is -2.46. The maximum absolute atomic E-state index is 11.6. The first kappa shape index (κ1) is 29.5.